The van der Waals surface area contributed by atoms with Crippen molar-refractivity contribution in [2.75, 3.05) is 38.1 Å². The first kappa shape index (κ1) is 23.3. The van der Waals surface area contributed by atoms with E-state index in [9.17, 15) is 4.79 Å². The number of likely N-dealkylation sites (N-methyl/N-ethyl adjacent to an activating group) is 1. The highest BCUT2D eigenvalue weighted by molar-refractivity contribution is 5.97. The molecule has 0 saturated carbocycles. The molecule has 0 heterocycles. The number of rotatable bonds is 8. The summed E-state index contributed by atoms with van der Waals surface area (Å²) in [6, 6.07) is 5.79. The van der Waals surface area contributed by atoms with Gasteiger partial charge < -0.3 is 15.0 Å². The van der Waals surface area contributed by atoms with E-state index in [0.717, 1.165) is 37.4 Å². The van der Waals surface area contributed by atoms with Crippen molar-refractivity contribution in [1.29, 1.82) is 0 Å². The average molecular weight is 351 g/mol. The molecule has 1 N–H and O–H groups in total. The second-order valence-corrected chi connectivity index (χ2v) is 4.69. The highest BCUT2D eigenvalue weighted by Gasteiger charge is 2.15. The number of hydrogen-bond donors (Lipinski definition) is 1. The first-order chi connectivity index (χ1) is 9.63. The van der Waals surface area contributed by atoms with Gasteiger partial charge in [-0.1, -0.05) is 26.0 Å². The summed E-state index contributed by atoms with van der Waals surface area (Å²) in [5, 5.41) is 3.21. The fraction of sp³-hybridized carbons (Fsp3) is 0.562. The molecule has 1 rings (SSSR count). The van der Waals surface area contributed by atoms with E-state index >= 15 is 0 Å². The van der Waals surface area contributed by atoms with Crippen molar-refractivity contribution in [3.63, 3.8) is 0 Å². The van der Waals surface area contributed by atoms with E-state index < -0.39 is 0 Å². The number of nitrogens with one attached hydrogen (secondary N) is 1. The molecule has 0 aromatic heterocycles. The lowest BCUT2D eigenvalue weighted by atomic mass is 10.1. The lowest BCUT2D eigenvalue weighted by molar-refractivity contribution is 0.0467. The maximum atomic E-state index is 12.2. The van der Waals surface area contributed by atoms with Gasteiger partial charge in [-0.15, -0.1) is 24.8 Å². The summed E-state index contributed by atoms with van der Waals surface area (Å²) < 4.78 is 5.41. The van der Waals surface area contributed by atoms with Gasteiger partial charge in [0.15, 0.2) is 0 Å². The van der Waals surface area contributed by atoms with Gasteiger partial charge in [0.05, 0.1) is 5.56 Å². The molecule has 0 radical (unpaired) electrons. The molecule has 0 aliphatic rings. The Bertz CT molecular complexity index is 438. The summed E-state index contributed by atoms with van der Waals surface area (Å²) in [5.41, 5.74) is 2.44. The van der Waals surface area contributed by atoms with E-state index in [4.69, 9.17) is 4.74 Å². The molecule has 0 aliphatic carbocycles. The summed E-state index contributed by atoms with van der Waals surface area (Å²) >= 11 is 0. The molecule has 1 aromatic carbocycles. The van der Waals surface area contributed by atoms with Crippen LogP contribution >= 0.6 is 24.8 Å². The van der Waals surface area contributed by atoms with E-state index in [-0.39, 0.29) is 30.8 Å². The number of anilines is 1. The Morgan fingerprint density at radius 2 is 1.82 bits per heavy atom. The van der Waals surface area contributed by atoms with Crippen LogP contribution in [0.3, 0.4) is 0 Å². The minimum absolute atomic E-state index is 0. The number of aryl methyl sites for hydroxylation is 1. The molecule has 0 aliphatic heterocycles. The van der Waals surface area contributed by atoms with Crippen molar-refractivity contribution in [2.45, 2.75) is 27.7 Å². The van der Waals surface area contributed by atoms with Crippen LogP contribution in [0, 0.1) is 6.92 Å². The number of hydrogen-bond acceptors (Lipinski definition) is 4. The third-order valence-corrected chi connectivity index (χ3v) is 3.38. The zero-order chi connectivity index (χ0) is 15.0. The molecule has 0 amide bonds. The Balaban J connectivity index is 0. The number of nitrogens with zero attached hydrogens (tertiary/aromatic N) is 1. The average Bonchev–Trinajstić information content (AvgIpc) is 2.44. The van der Waals surface area contributed by atoms with E-state index in [1.54, 1.807) is 0 Å². The van der Waals surface area contributed by atoms with Gasteiger partial charge >= 0.3 is 5.97 Å². The lowest BCUT2D eigenvalue weighted by Crippen LogP contribution is -2.28. The number of esters is 1. The minimum atomic E-state index is -0.244. The molecule has 6 heteroatoms. The number of halogens is 2. The Labute approximate surface area is 146 Å². The van der Waals surface area contributed by atoms with Crippen LogP contribution in [0.5, 0.6) is 0 Å². The molecule has 0 atom stereocenters. The van der Waals surface area contributed by atoms with Gasteiger partial charge in [0.1, 0.15) is 6.61 Å². The third-order valence-electron chi connectivity index (χ3n) is 3.38. The molecule has 22 heavy (non-hydrogen) atoms. The summed E-state index contributed by atoms with van der Waals surface area (Å²) in [6.45, 7) is 12.1. The second-order valence-electron chi connectivity index (χ2n) is 4.69. The Hall–Kier alpha value is -0.970. The maximum absolute atomic E-state index is 12.2. The molecular weight excluding hydrogens is 323 g/mol. The number of carbonyl (C=O) groups excluding carboxylic acids is 1. The van der Waals surface area contributed by atoms with Crippen LogP contribution in [0.1, 0.15) is 36.7 Å². The molecule has 0 unspecified atom stereocenters. The van der Waals surface area contributed by atoms with Gasteiger partial charge in [0.2, 0.25) is 0 Å². The van der Waals surface area contributed by atoms with Crippen molar-refractivity contribution >= 4 is 36.5 Å². The molecule has 0 spiro atoms. The van der Waals surface area contributed by atoms with Gasteiger partial charge in [0, 0.05) is 18.8 Å². The number of ether oxygens (including phenoxy) is 1. The predicted molar refractivity (Wildman–Crippen MR) is 97.9 cm³/mol. The van der Waals surface area contributed by atoms with Crippen molar-refractivity contribution in [1.82, 2.24) is 4.90 Å². The maximum Gasteiger partial charge on any atom is 0.340 e. The van der Waals surface area contributed by atoms with E-state index in [1.165, 1.54) is 0 Å². The summed E-state index contributed by atoms with van der Waals surface area (Å²) in [7, 11) is 0. The first-order valence-corrected chi connectivity index (χ1v) is 7.36. The fourth-order valence-electron chi connectivity index (χ4n) is 2.16. The SMILES string of the molecule is CCNc1cccc(C)c1C(=O)OCCN(CC)CC.Cl.Cl. The minimum Gasteiger partial charge on any atom is -0.461 e. The van der Waals surface area contributed by atoms with Gasteiger partial charge in [-0.05, 0) is 38.6 Å². The van der Waals surface area contributed by atoms with Gasteiger partial charge in [-0.3, -0.25) is 0 Å². The van der Waals surface area contributed by atoms with Crippen molar-refractivity contribution in [2.24, 2.45) is 0 Å². The smallest absolute Gasteiger partial charge is 0.340 e. The molecule has 1 aromatic rings. The van der Waals surface area contributed by atoms with Crippen LogP contribution in [-0.2, 0) is 4.74 Å². The molecule has 0 fully saturated rings. The second kappa shape index (κ2) is 12.6. The topological polar surface area (TPSA) is 41.6 Å². The molecule has 0 saturated heterocycles. The highest BCUT2D eigenvalue weighted by Crippen LogP contribution is 2.20. The summed E-state index contributed by atoms with van der Waals surface area (Å²) in [4.78, 5) is 14.5. The number of carbonyl (C=O) groups is 1. The Morgan fingerprint density at radius 1 is 1.18 bits per heavy atom. The monoisotopic (exact) mass is 350 g/mol. The predicted octanol–water partition coefficient (Wildman–Crippen LogP) is 3.77. The Kier molecular flexibility index (Phi) is 13.3. The van der Waals surface area contributed by atoms with Crippen LogP contribution in [-0.4, -0.2) is 43.7 Å². The van der Waals surface area contributed by atoms with E-state index in [0.29, 0.717) is 12.2 Å². The summed E-state index contributed by atoms with van der Waals surface area (Å²) in [6.07, 6.45) is 0. The van der Waals surface area contributed by atoms with Crippen molar-refractivity contribution in [3.8, 4) is 0 Å². The van der Waals surface area contributed by atoms with Crippen LogP contribution in [0.2, 0.25) is 0 Å². The van der Waals surface area contributed by atoms with Crippen molar-refractivity contribution < 1.29 is 9.53 Å². The quantitative estimate of drug-likeness (QED) is 0.724. The van der Waals surface area contributed by atoms with Crippen LogP contribution in [0.15, 0.2) is 18.2 Å². The standard InChI is InChI=1S/C16H26N2O2.2ClH/c1-5-17-14-10-8-9-13(4)15(14)16(19)20-12-11-18(6-2)7-3;;/h8-10,17H,5-7,11-12H2,1-4H3;2*1H. The highest BCUT2D eigenvalue weighted by atomic mass is 35.5. The summed E-state index contributed by atoms with van der Waals surface area (Å²) in [5.74, 6) is -0.244. The van der Waals surface area contributed by atoms with Crippen LogP contribution in [0.25, 0.3) is 0 Å². The fourth-order valence-corrected chi connectivity index (χ4v) is 2.16. The van der Waals surface area contributed by atoms with Crippen LogP contribution < -0.4 is 5.32 Å². The molecule has 4 nitrogen and oxygen atoms in total. The lowest BCUT2D eigenvalue weighted by Gasteiger charge is -2.18. The number of benzene rings is 1. The molecule has 0 bridgehead atoms. The zero-order valence-electron chi connectivity index (χ0n) is 13.8. The first-order valence-electron chi connectivity index (χ1n) is 7.36. The van der Waals surface area contributed by atoms with E-state index in [2.05, 4.69) is 24.1 Å². The van der Waals surface area contributed by atoms with Gasteiger partial charge in [-0.25, -0.2) is 4.79 Å². The van der Waals surface area contributed by atoms with Crippen LogP contribution in [0.4, 0.5) is 5.69 Å². The normalized spacial score (nSPS) is 9.68. The largest absolute Gasteiger partial charge is 0.461 e. The van der Waals surface area contributed by atoms with E-state index in [1.807, 2.05) is 32.0 Å². The van der Waals surface area contributed by atoms with Gasteiger partial charge in [0.25, 0.3) is 0 Å². The zero-order valence-corrected chi connectivity index (χ0v) is 15.5. The molecule has 128 valence electrons. The third kappa shape index (κ3) is 6.86. The Morgan fingerprint density at radius 3 is 2.36 bits per heavy atom. The molecular formula is C16H28Cl2N2O2. The van der Waals surface area contributed by atoms with Gasteiger partial charge in [-0.2, -0.15) is 0 Å². The van der Waals surface area contributed by atoms with Crippen molar-refractivity contribution in [3.05, 3.63) is 29.3 Å².